The summed E-state index contributed by atoms with van der Waals surface area (Å²) in [6.45, 7) is 1.77. The molecule has 0 radical (unpaired) electrons. The maximum atomic E-state index is 12.4. The van der Waals surface area contributed by atoms with Gasteiger partial charge in [-0.25, -0.2) is 4.98 Å². The molecule has 0 saturated carbocycles. The second-order valence-electron chi connectivity index (χ2n) is 5.62. The number of carbonyl (C=O) groups is 1. The van der Waals surface area contributed by atoms with Gasteiger partial charge in [0.15, 0.2) is 5.82 Å². The highest BCUT2D eigenvalue weighted by Crippen LogP contribution is 2.32. The first-order chi connectivity index (χ1) is 13.2. The Balaban J connectivity index is 1.80. The molecule has 10 heteroatoms. The van der Waals surface area contributed by atoms with Crippen molar-refractivity contribution in [1.29, 1.82) is 0 Å². The van der Waals surface area contributed by atoms with Crippen molar-refractivity contribution in [3.05, 3.63) is 65.2 Å². The van der Waals surface area contributed by atoms with Gasteiger partial charge in [0, 0.05) is 18.0 Å². The maximum absolute atomic E-state index is 12.4. The van der Waals surface area contributed by atoms with Crippen LogP contribution in [0.3, 0.4) is 0 Å². The molecule has 0 spiro atoms. The summed E-state index contributed by atoms with van der Waals surface area (Å²) in [4.78, 5) is 24.3. The van der Waals surface area contributed by atoms with E-state index in [1.165, 1.54) is 24.7 Å². The highest BCUT2D eigenvalue weighted by atomic mass is 35.5. The van der Waals surface area contributed by atoms with Crippen LogP contribution in [0.1, 0.15) is 15.9 Å². The Morgan fingerprint density at radius 3 is 2.57 bits per heavy atom. The Hall–Kier alpha value is -3.20. The molecule has 2 aromatic heterocycles. The van der Waals surface area contributed by atoms with Crippen LogP contribution in [0.2, 0.25) is 5.02 Å². The Morgan fingerprint density at radius 1 is 1.14 bits per heavy atom. The molecule has 1 N–H and O–H groups in total. The molecular formula is C18H12ClF3N4O2. The number of amides is 1. The van der Waals surface area contributed by atoms with Gasteiger partial charge < -0.3 is 10.1 Å². The number of rotatable bonds is 4. The van der Waals surface area contributed by atoms with Gasteiger partial charge in [0.05, 0.1) is 28.7 Å². The third-order valence-corrected chi connectivity index (χ3v) is 3.95. The lowest BCUT2D eigenvalue weighted by Crippen LogP contribution is -2.17. The zero-order chi connectivity index (χ0) is 20.3. The van der Waals surface area contributed by atoms with Gasteiger partial charge in [0.1, 0.15) is 5.75 Å². The van der Waals surface area contributed by atoms with Gasteiger partial charge in [-0.1, -0.05) is 11.6 Å². The van der Waals surface area contributed by atoms with Gasteiger partial charge in [0.2, 0.25) is 0 Å². The minimum absolute atomic E-state index is 0.163. The van der Waals surface area contributed by atoms with Crippen LogP contribution in [0.15, 0.2) is 49.1 Å². The predicted octanol–water partition coefficient (Wildman–Crippen LogP) is 4.65. The summed E-state index contributed by atoms with van der Waals surface area (Å²) >= 11 is 6.04. The third kappa shape index (κ3) is 4.74. The van der Waals surface area contributed by atoms with E-state index in [-0.39, 0.29) is 22.1 Å². The average Bonchev–Trinajstić information content (AvgIpc) is 2.63. The predicted molar refractivity (Wildman–Crippen MR) is 96.1 cm³/mol. The zero-order valence-corrected chi connectivity index (χ0v) is 15.0. The van der Waals surface area contributed by atoms with E-state index >= 15 is 0 Å². The van der Waals surface area contributed by atoms with E-state index in [0.717, 1.165) is 17.7 Å². The summed E-state index contributed by atoms with van der Waals surface area (Å²) in [7, 11) is 0. The van der Waals surface area contributed by atoms with E-state index in [1.54, 1.807) is 19.2 Å². The molecule has 0 atom stereocenters. The summed E-state index contributed by atoms with van der Waals surface area (Å²) in [5.74, 6) is -0.680. The number of aromatic nitrogens is 3. The fourth-order valence-corrected chi connectivity index (χ4v) is 2.53. The summed E-state index contributed by atoms with van der Waals surface area (Å²) in [6, 6.07) is 5.16. The Morgan fingerprint density at radius 2 is 1.93 bits per heavy atom. The minimum Gasteiger partial charge on any atom is -0.406 e. The lowest BCUT2D eigenvalue weighted by atomic mass is 10.1. The molecule has 0 aliphatic carbocycles. The largest absolute Gasteiger partial charge is 0.573 e. The summed E-state index contributed by atoms with van der Waals surface area (Å²) in [6.07, 6.45) is 0.728. The summed E-state index contributed by atoms with van der Waals surface area (Å²) in [5.41, 5.74) is 1.55. The van der Waals surface area contributed by atoms with E-state index < -0.39 is 18.0 Å². The van der Waals surface area contributed by atoms with Gasteiger partial charge in [0.25, 0.3) is 5.91 Å². The van der Waals surface area contributed by atoms with Crippen molar-refractivity contribution in [1.82, 2.24) is 15.0 Å². The number of benzene rings is 1. The van der Waals surface area contributed by atoms with E-state index in [4.69, 9.17) is 11.6 Å². The van der Waals surface area contributed by atoms with Crippen molar-refractivity contribution in [3.63, 3.8) is 0 Å². The van der Waals surface area contributed by atoms with Crippen LogP contribution in [-0.2, 0) is 0 Å². The van der Waals surface area contributed by atoms with Gasteiger partial charge in [-0.05, 0) is 36.8 Å². The number of anilines is 1. The molecule has 0 bridgehead atoms. The van der Waals surface area contributed by atoms with Crippen LogP contribution in [0.4, 0.5) is 19.0 Å². The van der Waals surface area contributed by atoms with Crippen LogP contribution >= 0.6 is 11.6 Å². The number of ether oxygens (including phenoxy) is 1. The monoisotopic (exact) mass is 408 g/mol. The van der Waals surface area contributed by atoms with Crippen LogP contribution in [-0.4, -0.2) is 27.2 Å². The molecule has 0 fully saturated rings. The van der Waals surface area contributed by atoms with Crippen LogP contribution in [0, 0.1) is 6.92 Å². The van der Waals surface area contributed by atoms with Gasteiger partial charge in [-0.15, -0.1) is 13.2 Å². The number of hydrogen-bond acceptors (Lipinski definition) is 5. The molecule has 0 saturated heterocycles. The topological polar surface area (TPSA) is 77.0 Å². The second-order valence-corrected chi connectivity index (χ2v) is 6.03. The van der Waals surface area contributed by atoms with Crippen LogP contribution in [0.25, 0.3) is 11.3 Å². The van der Waals surface area contributed by atoms with E-state index in [9.17, 15) is 18.0 Å². The van der Waals surface area contributed by atoms with Crippen molar-refractivity contribution >= 4 is 23.3 Å². The molecule has 144 valence electrons. The second kappa shape index (κ2) is 7.81. The number of pyridine rings is 1. The number of alkyl halides is 3. The smallest absolute Gasteiger partial charge is 0.406 e. The van der Waals surface area contributed by atoms with Crippen molar-refractivity contribution in [2.24, 2.45) is 0 Å². The fourth-order valence-electron chi connectivity index (χ4n) is 2.31. The Kier molecular flexibility index (Phi) is 5.46. The molecule has 3 rings (SSSR count). The van der Waals surface area contributed by atoms with Gasteiger partial charge >= 0.3 is 6.36 Å². The molecule has 0 unspecified atom stereocenters. The first-order valence-corrected chi connectivity index (χ1v) is 8.20. The van der Waals surface area contributed by atoms with E-state index in [2.05, 4.69) is 25.0 Å². The van der Waals surface area contributed by atoms with Crippen molar-refractivity contribution < 1.29 is 22.7 Å². The number of nitrogens with one attached hydrogen (secondary N) is 1. The minimum atomic E-state index is -4.82. The fraction of sp³-hybridized carbons (Fsp3) is 0.111. The Bertz CT molecular complexity index is 1010. The molecule has 1 amide bonds. The van der Waals surface area contributed by atoms with E-state index in [1.807, 2.05) is 0 Å². The standard InChI is InChI=1S/C18H12ClF3N4O2/c1-10-4-5-23-7-13(10)17(27)26-16-9-24-15(8-25-16)12-6-11(2-3-14(12)19)28-18(20,21)22/h2-9H,1H3,(H,25,26,27). The molecular weight excluding hydrogens is 397 g/mol. The molecule has 28 heavy (non-hydrogen) atoms. The van der Waals surface area contributed by atoms with E-state index in [0.29, 0.717) is 5.56 Å². The Labute approximate surface area is 162 Å². The molecule has 6 nitrogen and oxygen atoms in total. The summed E-state index contributed by atoms with van der Waals surface area (Å²) < 4.78 is 41.1. The SMILES string of the molecule is Cc1ccncc1C(=O)Nc1cnc(-c2cc(OC(F)(F)F)ccc2Cl)cn1. The van der Waals surface area contributed by atoms with Crippen molar-refractivity contribution in [3.8, 4) is 17.0 Å². The molecule has 0 aliphatic heterocycles. The lowest BCUT2D eigenvalue weighted by molar-refractivity contribution is -0.274. The quantitative estimate of drug-likeness (QED) is 0.680. The number of aryl methyl sites for hydroxylation is 1. The number of hydrogen-bond donors (Lipinski definition) is 1. The molecule has 1 aromatic carbocycles. The first-order valence-electron chi connectivity index (χ1n) is 7.82. The zero-order valence-electron chi connectivity index (χ0n) is 14.3. The van der Waals surface area contributed by atoms with Crippen LogP contribution in [0.5, 0.6) is 5.75 Å². The lowest BCUT2D eigenvalue weighted by Gasteiger charge is -2.11. The number of halogens is 4. The third-order valence-electron chi connectivity index (χ3n) is 3.62. The van der Waals surface area contributed by atoms with Crippen molar-refractivity contribution in [2.75, 3.05) is 5.32 Å². The van der Waals surface area contributed by atoms with Gasteiger partial charge in [-0.2, -0.15) is 0 Å². The first kappa shape index (κ1) is 19.6. The van der Waals surface area contributed by atoms with Crippen LogP contribution < -0.4 is 10.1 Å². The van der Waals surface area contributed by atoms with Crippen molar-refractivity contribution in [2.45, 2.75) is 13.3 Å². The van der Waals surface area contributed by atoms with Gasteiger partial charge in [-0.3, -0.25) is 14.8 Å². The summed E-state index contributed by atoms with van der Waals surface area (Å²) in [5, 5.41) is 2.75. The average molecular weight is 409 g/mol. The highest BCUT2D eigenvalue weighted by molar-refractivity contribution is 6.33. The maximum Gasteiger partial charge on any atom is 0.573 e. The number of carbonyl (C=O) groups excluding carboxylic acids is 1. The molecule has 2 heterocycles. The number of nitrogens with zero attached hydrogens (tertiary/aromatic N) is 3. The normalized spacial score (nSPS) is 11.2. The highest BCUT2D eigenvalue weighted by Gasteiger charge is 2.31. The molecule has 0 aliphatic rings. The molecule has 3 aromatic rings.